The zero-order valence-corrected chi connectivity index (χ0v) is 12.1. The van der Waals surface area contributed by atoms with E-state index >= 15 is 0 Å². The summed E-state index contributed by atoms with van der Waals surface area (Å²) in [6.07, 6.45) is 2.48. The third kappa shape index (κ3) is 3.82. The van der Waals surface area contributed by atoms with Crippen molar-refractivity contribution >= 4 is 21.9 Å². The highest BCUT2D eigenvalue weighted by Crippen LogP contribution is 2.32. The number of carboxylic acids is 1. The van der Waals surface area contributed by atoms with Gasteiger partial charge in [0.25, 0.3) is 0 Å². The predicted molar refractivity (Wildman–Crippen MR) is 74.5 cm³/mol. The fourth-order valence-corrected chi connectivity index (χ4v) is 2.38. The van der Waals surface area contributed by atoms with Crippen LogP contribution >= 0.6 is 15.9 Å². The first-order valence-corrected chi connectivity index (χ1v) is 7.07. The summed E-state index contributed by atoms with van der Waals surface area (Å²) in [6, 6.07) is 8.26. The van der Waals surface area contributed by atoms with Crippen LogP contribution in [0.4, 0.5) is 0 Å². The number of hydrogen-bond acceptors (Lipinski definition) is 2. The van der Waals surface area contributed by atoms with Gasteiger partial charge in [0.05, 0.1) is 6.54 Å². The minimum Gasteiger partial charge on any atom is -0.480 e. The molecule has 0 bridgehead atoms. The molecule has 1 aliphatic rings. The number of halogens is 1. The minimum absolute atomic E-state index is 0.119. The highest BCUT2D eigenvalue weighted by molar-refractivity contribution is 9.10. The van der Waals surface area contributed by atoms with Crippen molar-refractivity contribution in [3.8, 4) is 0 Å². The van der Waals surface area contributed by atoms with Crippen LogP contribution in [0.15, 0.2) is 28.7 Å². The van der Waals surface area contributed by atoms with Crippen LogP contribution in [-0.2, 0) is 4.79 Å². The maximum Gasteiger partial charge on any atom is 0.317 e. The van der Waals surface area contributed by atoms with Crippen molar-refractivity contribution < 1.29 is 9.90 Å². The Morgan fingerprint density at radius 3 is 2.56 bits per heavy atom. The summed E-state index contributed by atoms with van der Waals surface area (Å²) < 4.78 is 1.05. The molecule has 1 aliphatic carbocycles. The van der Waals surface area contributed by atoms with Gasteiger partial charge in [-0.2, -0.15) is 0 Å². The predicted octanol–water partition coefficient (Wildman–Crippen LogP) is 3.31. The molecule has 18 heavy (non-hydrogen) atoms. The summed E-state index contributed by atoms with van der Waals surface area (Å²) in [5.74, 6) is -0.0538. The average molecular weight is 312 g/mol. The number of nitrogens with zero attached hydrogens (tertiary/aromatic N) is 1. The molecule has 0 amide bonds. The van der Waals surface area contributed by atoms with Crippen molar-refractivity contribution in [2.24, 2.45) is 5.92 Å². The number of rotatable bonds is 6. The molecule has 0 radical (unpaired) electrons. The lowest BCUT2D eigenvalue weighted by atomic mass is 10.1. The Bertz CT molecular complexity index is 414. The normalized spacial score (nSPS) is 16.8. The fourth-order valence-electron chi connectivity index (χ4n) is 2.12. The fraction of sp³-hybridized carbons (Fsp3) is 0.500. The van der Waals surface area contributed by atoms with Crippen molar-refractivity contribution in [2.75, 3.05) is 13.1 Å². The molecule has 0 heterocycles. The summed E-state index contributed by atoms with van der Waals surface area (Å²) >= 11 is 3.41. The molecular weight excluding hydrogens is 294 g/mol. The van der Waals surface area contributed by atoms with E-state index < -0.39 is 5.97 Å². The molecule has 1 atom stereocenters. The number of carbonyl (C=O) groups is 1. The van der Waals surface area contributed by atoms with Gasteiger partial charge in [-0.3, -0.25) is 9.69 Å². The Morgan fingerprint density at radius 1 is 1.44 bits per heavy atom. The molecule has 1 aromatic rings. The van der Waals surface area contributed by atoms with Gasteiger partial charge >= 0.3 is 5.97 Å². The largest absolute Gasteiger partial charge is 0.480 e. The van der Waals surface area contributed by atoms with E-state index in [1.807, 2.05) is 12.1 Å². The van der Waals surface area contributed by atoms with Gasteiger partial charge in [0.2, 0.25) is 0 Å². The highest BCUT2D eigenvalue weighted by Gasteiger charge is 2.28. The van der Waals surface area contributed by atoms with E-state index in [4.69, 9.17) is 5.11 Å². The second-order valence-corrected chi connectivity index (χ2v) is 5.91. The molecule has 4 heteroatoms. The van der Waals surface area contributed by atoms with Crippen molar-refractivity contribution in [1.29, 1.82) is 0 Å². The molecule has 1 saturated carbocycles. The maximum absolute atomic E-state index is 11.0. The molecule has 3 nitrogen and oxygen atoms in total. The van der Waals surface area contributed by atoms with Crippen LogP contribution in [0.5, 0.6) is 0 Å². The van der Waals surface area contributed by atoms with Crippen LogP contribution in [0.1, 0.15) is 31.4 Å². The maximum atomic E-state index is 11.0. The first-order valence-electron chi connectivity index (χ1n) is 6.27. The van der Waals surface area contributed by atoms with E-state index in [-0.39, 0.29) is 12.6 Å². The lowest BCUT2D eigenvalue weighted by Crippen LogP contribution is -2.34. The van der Waals surface area contributed by atoms with Crippen LogP contribution < -0.4 is 0 Å². The van der Waals surface area contributed by atoms with Crippen LogP contribution in [0, 0.1) is 5.92 Å². The molecule has 1 unspecified atom stereocenters. The van der Waals surface area contributed by atoms with Crippen molar-refractivity contribution in [3.63, 3.8) is 0 Å². The van der Waals surface area contributed by atoms with Crippen molar-refractivity contribution in [1.82, 2.24) is 4.90 Å². The van der Waals surface area contributed by atoms with Crippen LogP contribution in [-0.4, -0.2) is 29.1 Å². The highest BCUT2D eigenvalue weighted by atomic mass is 79.9. The quantitative estimate of drug-likeness (QED) is 0.876. The van der Waals surface area contributed by atoms with E-state index in [1.165, 1.54) is 18.4 Å². The molecule has 0 aromatic heterocycles. The Morgan fingerprint density at radius 2 is 2.06 bits per heavy atom. The number of carboxylic acid groups (broad SMARTS) is 1. The topological polar surface area (TPSA) is 40.5 Å². The smallest absolute Gasteiger partial charge is 0.317 e. The zero-order chi connectivity index (χ0) is 13.1. The van der Waals surface area contributed by atoms with Crippen LogP contribution in [0.3, 0.4) is 0 Å². The third-order valence-electron chi connectivity index (χ3n) is 3.43. The van der Waals surface area contributed by atoms with E-state index in [1.54, 1.807) is 0 Å². The number of aliphatic carboxylic acids is 1. The van der Waals surface area contributed by atoms with Gasteiger partial charge in [0.15, 0.2) is 0 Å². The average Bonchev–Trinajstić information content (AvgIpc) is 3.12. The van der Waals surface area contributed by atoms with Gasteiger partial charge in [-0.25, -0.2) is 0 Å². The lowest BCUT2D eigenvalue weighted by Gasteiger charge is -2.28. The summed E-state index contributed by atoms with van der Waals surface area (Å²) in [5, 5.41) is 9.01. The first-order chi connectivity index (χ1) is 8.56. The first kappa shape index (κ1) is 13.6. The Kier molecular flexibility index (Phi) is 4.40. The molecule has 0 spiro atoms. The van der Waals surface area contributed by atoms with Crippen LogP contribution in [0.25, 0.3) is 0 Å². The summed E-state index contributed by atoms with van der Waals surface area (Å²) in [4.78, 5) is 13.0. The van der Waals surface area contributed by atoms with E-state index in [0.717, 1.165) is 11.0 Å². The van der Waals surface area contributed by atoms with Crippen LogP contribution in [0.2, 0.25) is 0 Å². The second kappa shape index (κ2) is 5.85. The summed E-state index contributed by atoms with van der Waals surface area (Å²) in [6.45, 7) is 3.09. The van der Waals surface area contributed by atoms with Crippen molar-refractivity contribution in [2.45, 2.75) is 25.8 Å². The Balaban J connectivity index is 2.07. The van der Waals surface area contributed by atoms with Crippen molar-refractivity contribution in [3.05, 3.63) is 34.3 Å². The van der Waals surface area contributed by atoms with E-state index in [0.29, 0.717) is 5.92 Å². The third-order valence-corrected chi connectivity index (χ3v) is 3.96. The van der Waals surface area contributed by atoms with Gasteiger partial charge in [0.1, 0.15) is 0 Å². The Hall–Kier alpha value is -0.870. The zero-order valence-electron chi connectivity index (χ0n) is 10.5. The van der Waals surface area contributed by atoms with E-state index in [2.05, 4.69) is 39.9 Å². The molecule has 1 N–H and O–H groups in total. The van der Waals surface area contributed by atoms with E-state index in [9.17, 15) is 4.79 Å². The minimum atomic E-state index is -0.750. The number of benzene rings is 1. The molecule has 0 aliphatic heterocycles. The van der Waals surface area contributed by atoms with Gasteiger partial charge in [-0.15, -0.1) is 0 Å². The monoisotopic (exact) mass is 311 g/mol. The molecule has 98 valence electrons. The molecular formula is C14H18BrNO2. The molecule has 2 rings (SSSR count). The summed E-state index contributed by atoms with van der Waals surface area (Å²) in [5.41, 5.74) is 1.17. The summed E-state index contributed by atoms with van der Waals surface area (Å²) in [7, 11) is 0. The molecule has 1 fully saturated rings. The SMILES string of the molecule is CC(c1ccc(Br)cc1)N(CC(=O)O)CC1CC1. The Labute approximate surface area is 116 Å². The molecule has 0 saturated heterocycles. The second-order valence-electron chi connectivity index (χ2n) is 4.99. The number of hydrogen-bond donors (Lipinski definition) is 1. The van der Waals surface area contributed by atoms with Gasteiger partial charge in [-0.05, 0) is 43.4 Å². The lowest BCUT2D eigenvalue weighted by molar-refractivity contribution is -0.139. The van der Waals surface area contributed by atoms with Gasteiger partial charge in [0, 0.05) is 17.1 Å². The molecule has 1 aromatic carbocycles. The standard InChI is InChI=1S/C14H18BrNO2/c1-10(12-4-6-13(15)7-5-12)16(9-14(17)18)8-11-2-3-11/h4-7,10-11H,2-3,8-9H2,1H3,(H,17,18). The van der Waals surface area contributed by atoms with Gasteiger partial charge in [-0.1, -0.05) is 28.1 Å². The van der Waals surface area contributed by atoms with Gasteiger partial charge < -0.3 is 5.11 Å².